The van der Waals surface area contributed by atoms with Crippen molar-refractivity contribution in [2.24, 2.45) is 12.9 Å². The summed E-state index contributed by atoms with van der Waals surface area (Å²) in [6.07, 6.45) is 5.65. The van der Waals surface area contributed by atoms with E-state index in [1.807, 2.05) is 37.6 Å². The number of hydrogen-bond donors (Lipinski definition) is 2. The molecule has 0 aliphatic carbocycles. The standard InChI is InChI=1S/C13H16BrClN4/c1-19-8-9(7-17-19)2-5-13(18-16)11-4-3-10(14)6-12(11)15/h3-4,6-8,13,18H,2,5,16H2,1H3. The maximum absolute atomic E-state index is 6.25. The van der Waals surface area contributed by atoms with Crippen LogP contribution in [0.3, 0.4) is 0 Å². The van der Waals surface area contributed by atoms with Gasteiger partial charge in [0.15, 0.2) is 0 Å². The van der Waals surface area contributed by atoms with E-state index in [0.29, 0.717) is 5.02 Å². The molecule has 0 aliphatic heterocycles. The van der Waals surface area contributed by atoms with Gasteiger partial charge in [0.1, 0.15) is 0 Å². The van der Waals surface area contributed by atoms with Crippen LogP contribution in [-0.4, -0.2) is 9.78 Å². The molecule has 2 rings (SSSR count). The lowest BCUT2D eigenvalue weighted by Crippen LogP contribution is -2.28. The number of hydrazine groups is 1. The van der Waals surface area contributed by atoms with Crippen molar-refractivity contribution in [3.8, 4) is 0 Å². The summed E-state index contributed by atoms with van der Waals surface area (Å²) >= 11 is 9.65. The molecule has 0 saturated carbocycles. The van der Waals surface area contributed by atoms with Crippen molar-refractivity contribution in [1.82, 2.24) is 15.2 Å². The summed E-state index contributed by atoms with van der Waals surface area (Å²) in [6, 6.07) is 5.86. The molecule has 0 saturated heterocycles. The number of aromatic nitrogens is 2. The Balaban J connectivity index is 2.07. The predicted molar refractivity (Wildman–Crippen MR) is 80.7 cm³/mol. The molecule has 0 fully saturated rings. The van der Waals surface area contributed by atoms with Gasteiger partial charge in [-0.05, 0) is 36.1 Å². The Morgan fingerprint density at radius 3 is 2.89 bits per heavy atom. The number of nitrogens with one attached hydrogen (secondary N) is 1. The summed E-state index contributed by atoms with van der Waals surface area (Å²) < 4.78 is 2.76. The molecule has 6 heteroatoms. The van der Waals surface area contributed by atoms with Crippen molar-refractivity contribution in [2.75, 3.05) is 0 Å². The van der Waals surface area contributed by atoms with Gasteiger partial charge in [-0.1, -0.05) is 33.6 Å². The highest BCUT2D eigenvalue weighted by atomic mass is 79.9. The van der Waals surface area contributed by atoms with Crippen LogP contribution in [0.15, 0.2) is 35.1 Å². The van der Waals surface area contributed by atoms with Crippen LogP contribution in [0.1, 0.15) is 23.6 Å². The normalized spacial score (nSPS) is 12.6. The van der Waals surface area contributed by atoms with Gasteiger partial charge in [0.25, 0.3) is 0 Å². The van der Waals surface area contributed by atoms with Gasteiger partial charge >= 0.3 is 0 Å². The van der Waals surface area contributed by atoms with Crippen LogP contribution in [0.2, 0.25) is 5.02 Å². The average molecular weight is 344 g/mol. The lowest BCUT2D eigenvalue weighted by atomic mass is 10.0. The molecule has 1 aromatic carbocycles. The number of aryl methyl sites for hydroxylation is 2. The molecule has 1 atom stereocenters. The molecule has 0 amide bonds. The topological polar surface area (TPSA) is 55.9 Å². The Morgan fingerprint density at radius 2 is 2.32 bits per heavy atom. The Bertz CT molecular complexity index is 555. The number of hydrogen-bond acceptors (Lipinski definition) is 3. The lowest BCUT2D eigenvalue weighted by Gasteiger charge is -2.17. The van der Waals surface area contributed by atoms with E-state index in [-0.39, 0.29) is 6.04 Å². The van der Waals surface area contributed by atoms with Crippen LogP contribution < -0.4 is 11.3 Å². The Hall–Kier alpha value is -0.880. The molecule has 19 heavy (non-hydrogen) atoms. The van der Waals surface area contributed by atoms with Crippen molar-refractivity contribution in [3.63, 3.8) is 0 Å². The van der Waals surface area contributed by atoms with Crippen molar-refractivity contribution in [1.29, 1.82) is 0 Å². The van der Waals surface area contributed by atoms with Gasteiger partial charge in [-0.25, -0.2) is 0 Å². The van der Waals surface area contributed by atoms with Gasteiger partial charge in [-0.15, -0.1) is 0 Å². The van der Waals surface area contributed by atoms with E-state index in [9.17, 15) is 0 Å². The molecular formula is C13H16BrClN4. The van der Waals surface area contributed by atoms with Crippen LogP contribution >= 0.6 is 27.5 Å². The SMILES string of the molecule is Cn1cc(CCC(NN)c2ccc(Br)cc2Cl)cn1. The predicted octanol–water partition coefficient (Wildman–Crippen LogP) is 2.97. The number of halogens is 2. The quantitative estimate of drug-likeness (QED) is 0.648. The highest BCUT2D eigenvalue weighted by Crippen LogP contribution is 2.28. The van der Waals surface area contributed by atoms with Crippen LogP contribution in [0.4, 0.5) is 0 Å². The molecule has 2 aromatic rings. The minimum absolute atomic E-state index is 0.0285. The maximum atomic E-state index is 6.25. The van der Waals surface area contributed by atoms with Gasteiger partial charge in [0, 0.05) is 28.8 Å². The third-order valence-corrected chi connectivity index (χ3v) is 3.84. The Morgan fingerprint density at radius 1 is 1.53 bits per heavy atom. The molecule has 0 aliphatic rings. The monoisotopic (exact) mass is 342 g/mol. The fourth-order valence-corrected chi connectivity index (χ4v) is 2.83. The summed E-state index contributed by atoms with van der Waals surface area (Å²) in [4.78, 5) is 0. The summed E-state index contributed by atoms with van der Waals surface area (Å²) in [5, 5.41) is 4.87. The van der Waals surface area contributed by atoms with Crippen LogP contribution in [0, 0.1) is 0 Å². The zero-order chi connectivity index (χ0) is 13.8. The molecule has 1 unspecified atom stereocenters. The fraction of sp³-hybridized carbons (Fsp3) is 0.308. The first-order valence-corrected chi connectivity index (χ1v) is 7.16. The van der Waals surface area contributed by atoms with E-state index in [1.54, 1.807) is 4.68 Å². The third-order valence-electron chi connectivity index (χ3n) is 3.02. The largest absolute Gasteiger partial charge is 0.276 e. The molecule has 0 bridgehead atoms. The van der Waals surface area contributed by atoms with Crippen molar-refractivity contribution in [3.05, 3.63) is 51.2 Å². The molecule has 3 N–H and O–H groups in total. The smallest absolute Gasteiger partial charge is 0.0521 e. The van der Waals surface area contributed by atoms with Crippen LogP contribution in [-0.2, 0) is 13.5 Å². The van der Waals surface area contributed by atoms with E-state index in [4.69, 9.17) is 17.4 Å². The van der Waals surface area contributed by atoms with Crippen molar-refractivity contribution < 1.29 is 0 Å². The highest BCUT2D eigenvalue weighted by molar-refractivity contribution is 9.10. The minimum atomic E-state index is 0.0285. The van der Waals surface area contributed by atoms with Crippen LogP contribution in [0.25, 0.3) is 0 Å². The lowest BCUT2D eigenvalue weighted by molar-refractivity contribution is 0.516. The molecule has 102 valence electrons. The Labute approximate surface area is 126 Å². The molecule has 1 heterocycles. The summed E-state index contributed by atoms with van der Waals surface area (Å²) in [5.41, 5.74) is 5.03. The van der Waals surface area contributed by atoms with Crippen molar-refractivity contribution in [2.45, 2.75) is 18.9 Å². The molecule has 1 aromatic heterocycles. The zero-order valence-corrected chi connectivity index (χ0v) is 12.9. The van der Waals surface area contributed by atoms with Gasteiger partial charge in [0.05, 0.1) is 6.20 Å². The molecule has 0 spiro atoms. The summed E-state index contributed by atoms with van der Waals surface area (Å²) in [7, 11) is 1.91. The van der Waals surface area contributed by atoms with E-state index >= 15 is 0 Å². The number of rotatable bonds is 5. The van der Waals surface area contributed by atoms with Gasteiger partial charge in [0.2, 0.25) is 0 Å². The van der Waals surface area contributed by atoms with E-state index in [2.05, 4.69) is 26.5 Å². The van der Waals surface area contributed by atoms with Crippen molar-refractivity contribution >= 4 is 27.5 Å². The second-order valence-corrected chi connectivity index (χ2v) is 5.77. The first-order valence-electron chi connectivity index (χ1n) is 5.98. The first kappa shape index (κ1) is 14.5. The van der Waals surface area contributed by atoms with E-state index in [1.165, 1.54) is 5.56 Å². The summed E-state index contributed by atoms with van der Waals surface area (Å²) in [5.74, 6) is 5.64. The average Bonchev–Trinajstić information content (AvgIpc) is 2.78. The van der Waals surface area contributed by atoms with Crippen LogP contribution in [0.5, 0.6) is 0 Å². The molecular weight excluding hydrogens is 328 g/mol. The number of benzene rings is 1. The second kappa shape index (κ2) is 6.52. The van der Waals surface area contributed by atoms with Gasteiger partial charge < -0.3 is 0 Å². The fourth-order valence-electron chi connectivity index (χ4n) is 2.02. The third kappa shape index (κ3) is 3.79. The second-order valence-electron chi connectivity index (χ2n) is 4.45. The number of nitrogens with zero attached hydrogens (tertiary/aromatic N) is 2. The summed E-state index contributed by atoms with van der Waals surface area (Å²) in [6.45, 7) is 0. The zero-order valence-electron chi connectivity index (χ0n) is 10.6. The van der Waals surface area contributed by atoms with E-state index < -0.39 is 0 Å². The highest BCUT2D eigenvalue weighted by Gasteiger charge is 2.14. The Kier molecular flexibility index (Phi) is 4.99. The van der Waals surface area contributed by atoms with E-state index in [0.717, 1.165) is 22.9 Å². The van der Waals surface area contributed by atoms with Gasteiger partial charge in [-0.3, -0.25) is 16.0 Å². The van der Waals surface area contributed by atoms with Gasteiger partial charge in [-0.2, -0.15) is 5.10 Å². The molecule has 4 nitrogen and oxygen atoms in total. The maximum Gasteiger partial charge on any atom is 0.0521 e. The number of nitrogens with two attached hydrogens (primary N) is 1. The first-order chi connectivity index (χ1) is 9.10. The molecule has 0 radical (unpaired) electrons. The minimum Gasteiger partial charge on any atom is -0.276 e.